The minimum Gasteiger partial charge on any atom is -0.502 e. The van der Waals surface area contributed by atoms with E-state index in [2.05, 4.69) is 13.0 Å². The Morgan fingerprint density at radius 3 is 2.62 bits per heavy atom. The minimum absolute atomic E-state index is 1.02. The molecule has 0 heterocycles. The molecule has 0 atom stereocenters. The van der Waals surface area contributed by atoms with Gasteiger partial charge in [-0.05, 0) is 19.4 Å². The first-order valence-electron chi connectivity index (χ1n) is 3.02. The molecule has 0 aromatic heterocycles. The fourth-order valence-corrected chi connectivity index (χ4v) is 0.431. The number of methoxy groups -OCH3 is 1. The SMILES string of the molecule is CCCC=C(C)OC. The predicted molar refractivity (Wildman–Crippen MR) is 35.7 cm³/mol. The molecular weight excluding hydrogens is 100 g/mol. The van der Waals surface area contributed by atoms with Crippen molar-refractivity contribution < 1.29 is 4.74 Å². The minimum atomic E-state index is 1.02. The molecule has 0 N–H and O–H groups in total. The highest BCUT2D eigenvalue weighted by atomic mass is 16.5. The van der Waals surface area contributed by atoms with E-state index in [1.807, 2.05) is 6.92 Å². The zero-order chi connectivity index (χ0) is 6.41. The lowest BCUT2D eigenvalue weighted by atomic mass is 10.3. The van der Waals surface area contributed by atoms with Crippen LogP contribution in [0.2, 0.25) is 0 Å². The Bertz CT molecular complexity index is 74.5. The zero-order valence-electron chi connectivity index (χ0n) is 5.90. The van der Waals surface area contributed by atoms with Crippen LogP contribution in [0.3, 0.4) is 0 Å². The molecule has 1 heteroatoms. The predicted octanol–water partition coefficient (Wildman–Crippen LogP) is 2.34. The monoisotopic (exact) mass is 114 g/mol. The summed E-state index contributed by atoms with van der Waals surface area (Å²) in [5.41, 5.74) is 0. The van der Waals surface area contributed by atoms with Gasteiger partial charge in [-0.3, -0.25) is 0 Å². The van der Waals surface area contributed by atoms with Crippen LogP contribution >= 0.6 is 0 Å². The second kappa shape index (κ2) is 4.69. The Hall–Kier alpha value is -0.460. The molecule has 48 valence electrons. The van der Waals surface area contributed by atoms with Gasteiger partial charge in [0.2, 0.25) is 0 Å². The topological polar surface area (TPSA) is 9.23 Å². The smallest absolute Gasteiger partial charge is 0.0884 e. The van der Waals surface area contributed by atoms with Crippen molar-refractivity contribution in [1.29, 1.82) is 0 Å². The highest BCUT2D eigenvalue weighted by Crippen LogP contribution is 1.96. The summed E-state index contributed by atoms with van der Waals surface area (Å²) in [4.78, 5) is 0. The number of ether oxygens (including phenoxy) is 1. The van der Waals surface area contributed by atoms with Crippen molar-refractivity contribution in [1.82, 2.24) is 0 Å². The van der Waals surface area contributed by atoms with Crippen molar-refractivity contribution in [2.75, 3.05) is 7.11 Å². The van der Waals surface area contributed by atoms with Crippen LogP contribution in [-0.4, -0.2) is 7.11 Å². The van der Waals surface area contributed by atoms with Crippen LogP contribution < -0.4 is 0 Å². The molecule has 0 saturated heterocycles. The third kappa shape index (κ3) is 3.72. The standard InChI is InChI=1S/C7H14O/c1-4-5-6-7(2)8-3/h6H,4-5H2,1-3H3. The zero-order valence-corrected chi connectivity index (χ0v) is 5.90. The van der Waals surface area contributed by atoms with Crippen LogP contribution in [-0.2, 0) is 4.74 Å². The fraction of sp³-hybridized carbons (Fsp3) is 0.714. The van der Waals surface area contributed by atoms with Crippen LogP contribution in [0.4, 0.5) is 0 Å². The van der Waals surface area contributed by atoms with E-state index in [1.165, 1.54) is 6.42 Å². The summed E-state index contributed by atoms with van der Waals surface area (Å²) < 4.78 is 4.91. The summed E-state index contributed by atoms with van der Waals surface area (Å²) in [5.74, 6) is 1.02. The highest BCUT2D eigenvalue weighted by Gasteiger charge is 1.80. The van der Waals surface area contributed by atoms with Crippen molar-refractivity contribution in [2.24, 2.45) is 0 Å². The largest absolute Gasteiger partial charge is 0.502 e. The summed E-state index contributed by atoms with van der Waals surface area (Å²) in [6, 6.07) is 0. The lowest BCUT2D eigenvalue weighted by Crippen LogP contribution is -1.77. The summed E-state index contributed by atoms with van der Waals surface area (Å²) in [6.45, 7) is 4.12. The van der Waals surface area contributed by atoms with Crippen molar-refractivity contribution in [3.63, 3.8) is 0 Å². The molecule has 0 fully saturated rings. The Balaban J connectivity index is 3.26. The van der Waals surface area contributed by atoms with Gasteiger partial charge in [0.1, 0.15) is 0 Å². The third-order valence-corrected chi connectivity index (χ3v) is 1.04. The Morgan fingerprint density at radius 2 is 2.25 bits per heavy atom. The molecule has 0 unspecified atom stereocenters. The van der Waals surface area contributed by atoms with Gasteiger partial charge in [0.15, 0.2) is 0 Å². The van der Waals surface area contributed by atoms with Crippen molar-refractivity contribution in [3.8, 4) is 0 Å². The van der Waals surface area contributed by atoms with E-state index in [-0.39, 0.29) is 0 Å². The maximum Gasteiger partial charge on any atom is 0.0884 e. The summed E-state index contributed by atoms with van der Waals surface area (Å²) >= 11 is 0. The van der Waals surface area contributed by atoms with Crippen molar-refractivity contribution in [2.45, 2.75) is 26.7 Å². The molecule has 0 aliphatic heterocycles. The lowest BCUT2D eigenvalue weighted by molar-refractivity contribution is 0.291. The van der Waals surface area contributed by atoms with E-state index in [4.69, 9.17) is 4.74 Å². The van der Waals surface area contributed by atoms with E-state index in [9.17, 15) is 0 Å². The van der Waals surface area contributed by atoms with Crippen molar-refractivity contribution in [3.05, 3.63) is 11.8 Å². The van der Waals surface area contributed by atoms with Crippen LogP contribution in [0.5, 0.6) is 0 Å². The molecular formula is C7H14O. The molecule has 0 amide bonds. The maximum atomic E-state index is 4.91. The van der Waals surface area contributed by atoms with Gasteiger partial charge in [0.05, 0.1) is 12.9 Å². The van der Waals surface area contributed by atoms with E-state index >= 15 is 0 Å². The molecule has 0 rings (SSSR count). The van der Waals surface area contributed by atoms with E-state index in [0.717, 1.165) is 12.2 Å². The Labute approximate surface area is 51.4 Å². The van der Waals surface area contributed by atoms with Gasteiger partial charge >= 0.3 is 0 Å². The molecule has 0 saturated carbocycles. The second-order valence-corrected chi connectivity index (χ2v) is 1.81. The molecule has 0 aromatic carbocycles. The molecule has 0 spiro atoms. The van der Waals surface area contributed by atoms with Crippen LogP contribution in [0, 0.1) is 0 Å². The van der Waals surface area contributed by atoms with E-state index < -0.39 is 0 Å². The van der Waals surface area contributed by atoms with E-state index in [1.54, 1.807) is 7.11 Å². The molecule has 8 heavy (non-hydrogen) atoms. The average Bonchev–Trinajstić information content (AvgIpc) is 1.83. The van der Waals surface area contributed by atoms with Gasteiger partial charge in [-0.15, -0.1) is 0 Å². The number of allylic oxidation sites excluding steroid dienone is 2. The number of rotatable bonds is 3. The molecule has 0 aliphatic carbocycles. The maximum absolute atomic E-state index is 4.91. The van der Waals surface area contributed by atoms with Gasteiger partial charge in [-0.1, -0.05) is 13.3 Å². The molecule has 1 nitrogen and oxygen atoms in total. The molecule has 0 bridgehead atoms. The first kappa shape index (κ1) is 7.54. The lowest BCUT2D eigenvalue weighted by Gasteiger charge is -1.95. The third-order valence-electron chi connectivity index (χ3n) is 1.04. The quantitative estimate of drug-likeness (QED) is 0.512. The van der Waals surface area contributed by atoms with Gasteiger partial charge in [-0.2, -0.15) is 0 Å². The van der Waals surface area contributed by atoms with Crippen LogP contribution in [0.25, 0.3) is 0 Å². The molecule has 0 aliphatic rings. The Morgan fingerprint density at radius 1 is 1.62 bits per heavy atom. The molecule has 0 radical (unpaired) electrons. The van der Waals surface area contributed by atoms with Gasteiger partial charge in [-0.25, -0.2) is 0 Å². The Kier molecular flexibility index (Phi) is 4.42. The van der Waals surface area contributed by atoms with Gasteiger partial charge in [0.25, 0.3) is 0 Å². The van der Waals surface area contributed by atoms with Gasteiger partial charge in [0, 0.05) is 0 Å². The fourth-order valence-electron chi connectivity index (χ4n) is 0.431. The summed E-state index contributed by atoms with van der Waals surface area (Å²) in [7, 11) is 1.70. The second-order valence-electron chi connectivity index (χ2n) is 1.81. The van der Waals surface area contributed by atoms with E-state index in [0.29, 0.717) is 0 Å². The first-order chi connectivity index (χ1) is 3.81. The summed E-state index contributed by atoms with van der Waals surface area (Å²) in [5, 5.41) is 0. The number of unbranched alkanes of at least 4 members (excludes halogenated alkanes) is 1. The molecule has 0 aromatic rings. The normalized spacial score (nSPS) is 11.6. The average molecular weight is 114 g/mol. The summed E-state index contributed by atoms with van der Waals surface area (Å²) in [6.07, 6.45) is 4.42. The van der Waals surface area contributed by atoms with Gasteiger partial charge < -0.3 is 4.74 Å². The number of hydrogen-bond acceptors (Lipinski definition) is 1. The van der Waals surface area contributed by atoms with Crippen molar-refractivity contribution >= 4 is 0 Å². The van der Waals surface area contributed by atoms with Crippen LogP contribution in [0.1, 0.15) is 26.7 Å². The van der Waals surface area contributed by atoms with Crippen LogP contribution in [0.15, 0.2) is 11.8 Å². The number of hydrogen-bond donors (Lipinski definition) is 0. The first-order valence-corrected chi connectivity index (χ1v) is 3.02. The highest BCUT2D eigenvalue weighted by molar-refractivity contribution is 4.86.